The van der Waals surface area contributed by atoms with Crippen molar-refractivity contribution in [1.29, 1.82) is 0 Å². The van der Waals surface area contributed by atoms with Crippen molar-refractivity contribution in [3.8, 4) is 10.6 Å². The average Bonchev–Trinajstić information content (AvgIpc) is 3.28. The van der Waals surface area contributed by atoms with Crippen molar-refractivity contribution in [3.05, 3.63) is 99.5 Å². The fraction of sp³-hybridized carbons (Fsp3) is 0.0833. The van der Waals surface area contributed by atoms with E-state index in [1.165, 1.54) is 11.3 Å². The van der Waals surface area contributed by atoms with E-state index in [4.69, 9.17) is 11.6 Å². The van der Waals surface area contributed by atoms with Crippen LogP contribution in [0.25, 0.3) is 10.6 Å². The summed E-state index contributed by atoms with van der Waals surface area (Å²) in [7, 11) is 0. The van der Waals surface area contributed by atoms with E-state index in [1.807, 2.05) is 54.6 Å². The predicted molar refractivity (Wildman–Crippen MR) is 135 cm³/mol. The molecule has 33 heavy (non-hydrogen) atoms. The van der Waals surface area contributed by atoms with Crippen molar-refractivity contribution in [1.82, 2.24) is 15.5 Å². The third-order valence-electron chi connectivity index (χ3n) is 4.72. The first-order valence-electron chi connectivity index (χ1n) is 9.98. The van der Waals surface area contributed by atoms with Gasteiger partial charge in [0, 0.05) is 27.0 Å². The van der Waals surface area contributed by atoms with E-state index in [0.29, 0.717) is 27.1 Å². The van der Waals surface area contributed by atoms with E-state index in [1.54, 1.807) is 24.3 Å². The van der Waals surface area contributed by atoms with E-state index < -0.39 is 6.04 Å². The number of hydrogen-bond acceptors (Lipinski definition) is 5. The second-order valence-corrected chi connectivity index (χ2v) is 9.47. The minimum atomic E-state index is -0.822. The molecule has 0 bridgehead atoms. The maximum Gasteiger partial charge on any atom is 0.251 e. The van der Waals surface area contributed by atoms with Gasteiger partial charge in [-0.3, -0.25) is 14.9 Å². The Morgan fingerprint density at radius 1 is 0.970 bits per heavy atom. The number of nitrogens with zero attached hydrogens (tertiary/aromatic N) is 2. The summed E-state index contributed by atoms with van der Waals surface area (Å²) in [5.74, 6) is -0.771. The van der Waals surface area contributed by atoms with Gasteiger partial charge in [0.2, 0.25) is 11.0 Å². The van der Waals surface area contributed by atoms with Gasteiger partial charge in [0.1, 0.15) is 11.0 Å². The standard InChI is InChI=1S/C24H18BrClN4O2S/c25-18-10-4-9-17(13-18)23-29-30-24(33-23)28-22(32)20(12-15-6-2-1-3-7-15)27-21(31)16-8-5-11-19(26)14-16/h1-11,13-14,20H,12H2,(H,27,31)(H,28,30,32). The van der Waals surface area contributed by atoms with Crippen LogP contribution in [0.15, 0.2) is 83.3 Å². The highest BCUT2D eigenvalue weighted by molar-refractivity contribution is 9.10. The molecule has 1 heterocycles. The first-order chi connectivity index (χ1) is 16.0. The molecule has 4 aromatic rings. The number of aromatic nitrogens is 2. The highest BCUT2D eigenvalue weighted by Crippen LogP contribution is 2.28. The van der Waals surface area contributed by atoms with Gasteiger partial charge >= 0.3 is 0 Å². The summed E-state index contributed by atoms with van der Waals surface area (Å²) >= 11 is 10.7. The zero-order valence-corrected chi connectivity index (χ0v) is 20.3. The van der Waals surface area contributed by atoms with Gasteiger partial charge in [-0.15, -0.1) is 10.2 Å². The summed E-state index contributed by atoms with van der Waals surface area (Å²) in [6.07, 6.45) is 0.316. The number of carbonyl (C=O) groups excluding carboxylic acids is 2. The van der Waals surface area contributed by atoms with Gasteiger partial charge in [0.25, 0.3) is 5.91 Å². The summed E-state index contributed by atoms with van der Waals surface area (Å²) in [5, 5.41) is 15.3. The van der Waals surface area contributed by atoms with Gasteiger partial charge in [-0.05, 0) is 35.9 Å². The van der Waals surface area contributed by atoms with Crippen LogP contribution in [0.2, 0.25) is 5.02 Å². The van der Waals surface area contributed by atoms with E-state index in [-0.39, 0.29) is 11.8 Å². The molecule has 1 atom stereocenters. The summed E-state index contributed by atoms with van der Waals surface area (Å²) < 4.78 is 0.924. The molecule has 3 aromatic carbocycles. The Labute approximate surface area is 208 Å². The lowest BCUT2D eigenvalue weighted by molar-refractivity contribution is -0.118. The van der Waals surface area contributed by atoms with Gasteiger partial charge in [-0.2, -0.15) is 0 Å². The molecule has 2 amide bonds. The largest absolute Gasteiger partial charge is 0.340 e. The quantitative estimate of drug-likeness (QED) is 0.319. The van der Waals surface area contributed by atoms with Crippen molar-refractivity contribution < 1.29 is 9.59 Å². The van der Waals surface area contributed by atoms with Gasteiger partial charge in [-0.25, -0.2) is 0 Å². The zero-order valence-electron chi connectivity index (χ0n) is 17.2. The molecule has 0 aliphatic rings. The van der Waals surface area contributed by atoms with Crippen LogP contribution < -0.4 is 10.6 Å². The van der Waals surface area contributed by atoms with Crippen molar-refractivity contribution in [2.75, 3.05) is 5.32 Å². The van der Waals surface area contributed by atoms with Crippen LogP contribution >= 0.6 is 38.9 Å². The lowest BCUT2D eigenvalue weighted by atomic mass is 10.0. The Morgan fingerprint density at radius 3 is 2.52 bits per heavy atom. The molecule has 2 N–H and O–H groups in total. The first-order valence-corrected chi connectivity index (χ1v) is 12.0. The SMILES string of the molecule is O=C(NC(Cc1ccccc1)C(=O)Nc1nnc(-c2cccc(Br)c2)s1)c1cccc(Cl)c1. The highest BCUT2D eigenvalue weighted by atomic mass is 79.9. The number of nitrogens with one attached hydrogen (secondary N) is 2. The molecule has 0 aliphatic carbocycles. The molecule has 0 saturated heterocycles. The summed E-state index contributed by atoms with van der Waals surface area (Å²) in [4.78, 5) is 25.9. The molecule has 1 aromatic heterocycles. The number of rotatable bonds is 7. The normalized spacial score (nSPS) is 11.6. The Bertz CT molecular complexity index is 1280. The van der Waals surface area contributed by atoms with Gasteiger partial charge < -0.3 is 5.32 Å². The number of carbonyl (C=O) groups is 2. The Hall–Kier alpha value is -3.07. The minimum Gasteiger partial charge on any atom is -0.340 e. The smallest absolute Gasteiger partial charge is 0.251 e. The summed E-state index contributed by atoms with van der Waals surface area (Å²) in [6.45, 7) is 0. The second-order valence-electron chi connectivity index (χ2n) is 7.14. The molecule has 0 saturated carbocycles. The van der Waals surface area contributed by atoms with Crippen molar-refractivity contribution >= 4 is 55.8 Å². The summed E-state index contributed by atoms with van der Waals surface area (Å²) in [6, 6.07) is 22.9. The van der Waals surface area contributed by atoms with Gasteiger partial charge in [-0.1, -0.05) is 87.4 Å². The van der Waals surface area contributed by atoms with E-state index in [9.17, 15) is 9.59 Å². The van der Waals surface area contributed by atoms with E-state index >= 15 is 0 Å². The van der Waals surface area contributed by atoms with Crippen molar-refractivity contribution in [2.45, 2.75) is 12.5 Å². The van der Waals surface area contributed by atoms with Crippen LogP contribution in [-0.4, -0.2) is 28.1 Å². The zero-order chi connectivity index (χ0) is 23.2. The van der Waals surface area contributed by atoms with Crippen LogP contribution in [0.1, 0.15) is 15.9 Å². The molecule has 9 heteroatoms. The summed E-state index contributed by atoms with van der Waals surface area (Å²) in [5.41, 5.74) is 2.18. The number of amides is 2. The number of anilines is 1. The lowest BCUT2D eigenvalue weighted by Gasteiger charge is -2.18. The highest BCUT2D eigenvalue weighted by Gasteiger charge is 2.23. The van der Waals surface area contributed by atoms with E-state index in [2.05, 4.69) is 36.8 Å². The number of benzene rings is 3. The van der Waals surface area contributed by atoms with Crippen LogP contribution in [0.3, 0.4) is 0 Å². The molecule has 0 radical (unpaired) electrons. The van der Waals surface area contributed by atoms with E-state index in [0.717, 1.165) is 15.6 Å². The fourth-order valence-electron chi connectivity index (χ4n) is 3.13. The third kappa shape index (κ3) is 6.25. The van der Waals surface area contributed by atoms with Gasteiger partial charge in [0.05, 0.1) is 0 Å². The number of hydrogen-bond donors (Lipinski definition) is 2. The molecule has 4 rings (SSSR count). The van der Waals surface area contributed by atoms with Crippen LogP contribution in [-0.2, 0) is 11.2 Å². The molecule has 0 spiro atoms. The maximum absolute atomic E-state index is 13.1. The number of halogens is 2. The molecule has 0 aliphatic heterocycles. The Balaban J connectivity index is 1.52. The van der Waals surface area contributed by atoms with Gasteiger partial charge in [0.15, 0.2) is 0 Å². The molecule has 1 unspecified atom stereocenters. The third-order valence-corrected chi connectivity index (χ3v) is 6.33. The van der Waals surface area contributed by atoms with Crippen LogP contribution in [0.4, 0.5) is 5.13 Å². The molecule has 6 nitrogen and oxygen atoms in total. The van der Waals surface area contributed by atoms with Crippen molar-refractivity contribution in [2.24, 2.45) is 0 Å². The molecular weight excluding hydrogens is 524 g/mol. The average molecular weight is 542 g/mol. The first kappa shape index (κ1) is 23.1. The monoisotopic (exact) mass is 540 g/mol. The Morgan fingerprint density at radius 2 is 1.76 bits per heavy atom. The fourth-order valence-corrected chi connectivity index (χ4v) is 4.47. The van der Waals surface area contributed by atoms with Crippen LogP contribution in [0.5, 0.6) is 0 Å². The topological polar surface area (TPSA) is 84.0 Å². The predicted octanol–water partition coefficient (Wildman–Crippen LogP) is 5.60. The lowest BCUT2D eigenvalue weighted by Crippen LogP contribution is -2.45. The van der Waals surface area contributed by atoms with Crippen LogP contribution in [0, 0.1) is 0 Å². The molecular formula is C24H18BrClN4O2S. The maximum atomic E-state index is 13.1. The molecule has 0 fully saturated rings. The van der Waals surface area contributed by atoms with Crippen molar-refractivity contribution in [3.63, 3.8) is 0 Å². The minimum absolute atomic E-state index is 0.316. The molecule has 166 valence electrons. The Kier molecular flexibility index (Phi) is 7.49. The second kappa shape index (κ2) is 10.7.